The number of H-pyrrole nitrogens is 1. The van der Waals surface area contributed by atoms with Crippen molar-refractivity contribution in [2.45, 2.75) is 13.5 Å². The van der Waals surface area contributed by atoms with Gasteiger partial charge in [0, 0.05) is 20.9 Å². The van der Waals surface area contributed by atoms with Crippen molar-refractivity contribution in [3.8, 4) is 0 Å². The molecule has 0 radical (unpaired) electrons. The van der Waals surface area contributed by atoms with E-state index in [-0.39, 0.29) is 0 Å². The van der Waals surface area contributed by atoms with Crippen LogP contribution in [0.2, 0.25) is 0 Å². The van der Waals surface area contributed by atoms with Gasteiger partial charge in [0.15, 0.2) is 10.4 Å². The predicted molar refractivity (Wildman–Crippen MR) is 80.8 cm³/mol. The van der Waals surface area contributed by atoms with Crippen LogP contribution < -0.4 is 0 Å². The molecule has 0 aliphatic heterocycles. The van der Waals surface area contributed by atoms with E-state index < -0.39 is 0 Å². The standard InChI is InChI=1S/C12H10BrN3S2/c1-7-2-10-11(14-4-7)16(12(17)15-10)5-9-3-8(13)6-18-9/h2-4,6H,5H2,1H3,(H,15,17). The van der Waals surface area contributed by atoms with Crippen LogP contribution in [0.25, 0.3) is 11.2 Å². The number of fused-ring (bicyclic) bond motifs is 1. The Hall–Kier alpha value is -0.980. The minimum atomic E-state index is 0.715. The molecule has 0 atom stereocenters. The predicted octanol–water partition coefficient (Wildman–Crippen LogP) is 4.27. The van der Waals surface area contributed by atoms with Gasteiger partial charge in [-0.1, -0.05) is 0 Å². The molecule has 0 amide bonds. The van der Waals surface area contributed by atoms with E-state index >= 15 is 0 Å². The maximum absolute atomic E-state index is 5.36. The van der Waals surface area contributed by atoms with E-state index in [4.69, 9.17) is 12.2 Å². The van der Waals surface area contributed by atoms with Crippen molar-refractivity contribution in [2.75, 3.05) is 0 Å². The Morgan fingerprint density at radius 1 is 1.50 bits per heavy atom. The van der Waals surface area contributed by atoms with Crippen molar-refractivity contribution in [2.24, 2.45) is 0 Å². The molecule has 0 aliphatic carbocycles. The fourth-order valence-electron chi connectivity index (χ4n) is 1.89. The van der Waals surface area contributed by atoms with Gasteiger partial charge in [-0.05, 0) is 52.8 Å². The lowest BCUT2D eigenvalue weighted by Gasteiger charge is -2.01. The van der Waals surface area contributed by atoms with Gasteiger partial charge in [-0.15, -0.1) is 11.3 Å². The number of thiophene rings is 1. The maximum atomic E-state index is 5.36. The van der Waals surface area contributed by atoms with Crippen LogP contribution in [-0.4, -0.2) is 14.5 Å². The molecule has 3 aromatic rings. The van der Waals surface area contributed by atoms with Gasteiger partial charge in [0.25, 0.3) is 0 Å². The number of halogens is 1. The Labute approximate surface area is 122 Å². The Balaban J connectivity index is 2.11. The summed E-state index contributed by atoms with van der Waals surface area (Å²) in [5.74, 6) is 0. The van der Waals surface area contributed by atoms with E-state index in [1.165, 1.54) is 4.88 Å². The summed E-state index contributed by atoms with van der Waals surface area (Å²) in [6.45, 7) is 2.78. The molecule has 92 valence electrons. The SMILES string of the molecule is Cc1cnc2c(c1)[nH]c(=S)n2Cc1cc(Br)cs1. The van der Waals surface area contributed by atoms with Crippen LogP contribution in [0.4, 0.5) is 0 Å². The maximum Gasteiger partial charge on any atom is 0.179 e. The zero-order valence-electron chi connectivity index (χ0n) is 9.61. The first-order valence-electron chi connectivity index (χ1n) is 5.41. The Kier molecular flexibility index (Phi) is 3.09. The highest BCUT2D eigenvalue weighted by Crippen LogP contribution is 2.22. The largest absolute Gasteiger partial charge is 0.329 e. The average Bonchev–Trinajstić information content (AvgIpc) is 2.84. The van der Waals surface area contributed by atoms with Crippen LogP contribution >= 0.6 is 39.5 Å². The molecule has 0 aromatic carbocycles. The molecule has 0 saturated carbocycles. The molecule has 0 bridgehead atoms. The highest BCUT2D eigenvalue weighted by molar-refractivity contribution is 9.10. The van der Waals surface area contributed by atoms with Crippen LogP contribution in [0.5, 0.6) is 0 Å². The highest BCUT2D eigenvalue weighted by Gasteiger charge is 2.07. The molecule has 0 spiro atoms. The summed E-state index contributed by atoms with van der Waals surface area (Å²) >= 11 is 10.5. The average molecular weight is 340 g/mol. The third kappa shape index (κ3) is 2.15. The molecule has 1 N–H and O–H groups in total. The van der Waals surface area contributed by atoms with E-state index in [1.807, 2.05) is 17.7 Å². The van der Waals surface area contributed by atoms with Gasteiger partial charge in [0.1, 0.15) is 0 Å². The van der Waals surface area contributed by atoms with Crippen molar-refractivity contribution in [1.82, 2.24) is 14.5 Å². The third-order valence-corrected chi connectivity index (χ3v) is 4.69. The van der Waals surface area contributed by atoms with E-state index in [1.54, 1.807) is 11.3 Å². The van der Waals surface area contributed by atoms with Crippen LogP contribution in [0.15, 0.2) is 28.2 Å². The molecule has 0 saturated heterocycles. The van der Waals surface area contributed by atoms with Gasteiger partial charge < -0.3 is 4.98 Å². The van der Waals surface area contributed by atoms with Gasteiger partial charge in [-0.2, -0.15) is 0 Å². The van der Waals surface area contributed by atoms with Crippen molar-refractivity contribution in [3.63, 3.8) is 0 Å². The summed E-state index contributed by atoms with van der Waals surface area (Å²) in [5.41, 5.74) is 3.04. The van der Waals surface area contributed by atoms with Crippen LogP contribution in [0, 0.1) is 11.7 Å². The van der Waals surface area contributed by atoms with Crippen LogP contribution in [0.3, 0.4) is 0 Å². The van der Waals surface area contributed by atoms with Crippen LogP contribution in [0.1, 0.15) is 10.4 Å². The van der Waals surface area contributed by atoms with Crippen molar-refractivity contribution in [1.29, 1.82) is 0 Å². The molecule has 3 heterocycles. The summed E-state index contributed by atoms with van der Waals surface area (Å²) in [4.78, 5) is 8.92. The van der Waals surface area contributed by atoms with Crippen molar-refractivity contribution < 1.29 is 0 Å². The minimum Gasteiger partial charge on any atom is -0.329 e. The number of nitrogens with zero attached hydrogens (tertiary/aromatic N) is 2. The van der Waals surface area contributed by atoms with Crippen molar-refractivity contribution in [3.05, 3.63) is 43.4 Å². The van der Waals surface area contributed by atoms with E-state index in [2.05, 4.69) is 43.4 Å². The monoisotopic (exact) mass is 339 g/mol. The molecule has 3 rings (SSSR count). The molecule has 0 aliphatic rings. The summed E-state index contributed by atoms with van der Waals surface area (Å²) in [5, 5.41) is 2.07. The van der Waals surface area contributed by atoms with Gasteiger partial charge in [-0.25, -0.2) is 4.98 Å². The second-order valence-electron chi connectivity index (χ2n) is 4.13. The summed E-state index contributed by atoms with van der Waals surface area (Å²) < 4.78 is 3.85. The van der Waals surface area contributed by atoms with E-state index in [0.29, 0.717) is 4.77 Å². The lowest BCUT2D eigenvalue weighted by atomic mass is 10.3. The first-order valence-corrected chi connectivity index (χ1v) is 7.49. The number of nitrogens with one attached hydrogen (secondary N) is 1. The Morgan fingerprint density at radius 2 is 2.33 bits per heavy atom. The number of hydrogen-bond acceptors (Lipinski definition) is 3. The Morgan fingerprint density at radius 3 is 3.06 bits per heavy atom. The minimum absolute atomic E-state index is 0.715. The van der Waals surface area contributed by atoms with Gasteiger partial charge in [0.2, 0.25) is 0 Å². The number of pyridine rings is 1. The summed E-state index contributed by atoms with van der Waals surface area (Å²) in [6, 6.07) is 4.18. The topological polar surface area (TPSA) is 33.6 Å². The number of rotatable bonds is 2. The van der Waals surface area contributed by atoms with E-state index in [0.717, 1.165) is 27.7 Å². The normalized spacial score (nSPS) is 11.2. The number of hydrogen-bond donors (Lipinski definition) is 1. The van der Waals surface area contributed by atoms with Gasteiger partial charge >= 0.3 is 0 Å². The fourth-order valence-corrected chi connectivity index (χ4v) is 3.59. The number of aromatic amines is 1. The molecule has 18 heavy (non-hydrogen) atoms. The fraction of sp³-hybridized carbons (Fsp3) is 0.167. The summed E-state index contributed by atoms with van der Waals surface area (Å²) in [7, 11) is 0. The molecule has 0 unspecified atom stereocenters. The van der Waals surface area contributed by atoms with Crippen LogP contribution in [-0.2, 0) is 6.54 Å². The smallest absolute Gasteiger partial charge is 0.179 e. The molecule has 3 aromatic heterocycles. The molecule has 0 fully saturated rings. The lowest BCUT2D eigenvalue weighted by molar-refractivity contribution is 0.812. The van der Waals surface area contributed by atoms with Crippen molar-refractivity contribution >= 4 is 50.6 Å². The number of aromatic nitrogens is 3. The first kappa shape index (κ1) is 12.1. The second kappa shape index (κ2) is 4.60. The number of imidazole rings is 1. The molecule has 6 heteroatoms. The molecular formula is C12H10BrN3S2. The van der Waals surface area contributed by atoms with Gasteiger partial charge in [-0.3, -0.25) is 4.57 Å². The van der Waals surface area contributed by atoms with Gasteiger partial charge in [0.05, 0.1) is 12.1 Å². The zero-order chi connectivity index (χ0) is 12.7. The third-order valence-electron chi connectivity index (χ3n) is 2.68. The highest BCUT2D eigenvalue weighted by atomic mass is 79.9. The first-order chi connectivity index (χ1) is 8.63. The Bertz CT molecular complexity index is 769. The number of aryl methyl sites for hydroxylation is 1. The lowest BCUT2D eigenvalue weighted by Crippen LogP contribution is -1.99. The second-order valence-corrected chi connectivity index (χ2v) is 6.43. The zero-order valence-corrected chi connectivity index (χ0v) is 12.8. The van der Waals surface area contributed by atoms with E-state index in [9.17, 15) is 0 Å². The quantitative estimate of drug-likeness (QED) is 0.707. The summed E-state index contributed by atoms with van der Waals surface area (Å²) in [6.07, 6.45) is 1.87. The molecular weight excluding hydrogens is 330 g/mol. The molecule has 3 nitrogen and oxygen atoms in total.